The van der Waals surface area contributed by atoms with E-state index in [1.165, 1.54) is 0 Å². The van der Waals surface area contributed by atoms with Gasteiger partial charge in [-0.1, -0.05) is 0 Å². The van der Waals surface area contributed by atoms with Crippen LogP contribution in [-0.2, 0) is 4.57 Å². The van der Waals surface area contributed by atoms with Gasteiger partial charge in [0.2, 0.25) is 0 Å². The van der Waals surface area contributed by atoms with Crippen LogP contribution in [0.25, 0.3) is 0 Å². The zero-order valence-electron chi connectivity index (χ0n) is 3.11. The Bertz CT molecular complexity index is 127. The van der Waals surface area contributed by atoms with E-state index in [1.807, 2.05) is 0 Å². The summed E-state index contributed by atoms with van der Waals surface area (Å²) >= 11 is 0. The van der Waals surface area contributed by atoms with Crippen LogP contribution in [0.2, 0.25) is 0 Å². The molecule has 0 fully saturated rings. The first-order chi connectivity index (χ1) is 2.94. The van der Waals surface area contributed by atoms with Crippen LogP contribution in [0.3, 0.4) is 0 Å². The second-order valence-electron chi connectivity index (χ2n) is 0.827. The van der Waals surface area contributed by atoms with Gasteiger partial charge in [-0.3, -0.25) is 0 Å². The van der Waals surface area contributed by atoms with Gasteiger partial charge < -0.3 is 14.9 Å². The van der Waals surface area contributed by atoms with Crippen molar-refractivity contribution >= 4 is 72.4 Å². The van der Waals surface area contributed by atoms with Crippen molar-refractivity contribution in [1.29, 1.82) is 0 Å². The maximum absolute atomic E-state index is 9.43. The van der Waals surface area contributed by atoms with Crippen LogP contribution in [0.1, 0.15) is 0 Å². The molecule has 0 aliphatic carbocycles. The summed E-state index contributed by atoms with van der Waals surface area (Å²) in [7, 11) is -4.82. The van der Waals surface area contributed by atoms with Gasteiger partial charge >= 0.3 is 72.4 Å². The Morgan fingerprint density at radius 3 is 1.33 bits per heavy atom. The van der Waals surface area contributed by atoms with Crippen LogP contribution < -0.4 is 0 Å². The summed E-state index contributed by atoms with van der Waals surface area (Å²) in [5.41, 5.74) is -2.09. The van der Waals surface area contributed by atoms with Crippen molar-refractivity contribution in [2.24, 2.45) is 0 Å². The Morgan fingerprint density at radius 1 is 1.22 bits per heavy atom. The number of rotatable bonds is 1. The Balaban J connectivity index is -0.000000180. The molecule has 0 heterocycles. The van der Waals surface area contributed by atoms with Crippen molar-refractivity contribution in [3.05, 3.63) is 0 Å². The summed E-state index contributed by atoms with van der Waals surface area (Å²) in [4.78, 5) is 24.5. The van der Waals surface area contributed by atoms with Gasteiger partial charge in [0.15, 0.2) is 0 Å². The second kappa shape index (κ2) is 6.34. The zero-order chi connectivity index (χ0) is 6.08. The molecule has 0 bridgehead atoms. The molecule has 3 N–H and O–H groups in total. The van der Waals surface area contributed by atoms with Crippen LogP contribution in [0.4, 0.5) is 4.79 Å². The van der Waals surface area contributed by atoms with E-state index in [1.54, 1.807) is 0 Å². The zero-order valence-corrected chi connectivity index (χ0v) is 4.00. The summed E-state index contributed by atoms with van der Waals surface area (Å²) in [5.74, 6) is 0. The quantitative estimate of drug-likeness (QED) is 0.333. The Morgan fingerprint density at radius 2 is 1.33 bits per heavy atom. The van der Waals surface area contributed by atoms with E-state index in [-0.39, 0.29) is 59.1 Å². The summed E-state index contributed by atoms with van der Waals surface area (Å²) in [5, 5.41) is 7.49. The summed E-state index contributed by atoms with van der Waals surface area (Å²) < 4.78 is 9.43. The average molecular weight is 174 g/mol. The van der Waals surface area contributed by atoms with E-state index < -0.39 is 13.3 Å². The number of carbonyl (C=O) groups is 1. The average Bonchev–Trinajstić information content (AvgIpc) is 1.31. The third kappa shape index (κ3) is 9.62. The molecule has 0 saturated carbocycles. The van der Waals surface area contributed by atoms with Gasteiger partial charge in [-0.15, -0.1) is 0 Å². The fourth-order valence-electron chi connectivity index (χ4n) is 0. The fourth-order valence-corrected chi connectivity index (χ4v) is 0. The van der Waals surface area contributed by atoms with Crippen molar-refractivity contribution in [2.45, 2.75) is 0 Å². The number of hydrogen-bond donors (Lipinski definition) is 3. The standard InChI is InChI=1S/CH3O5P.2Na.2H/c2-1(3)7(4,5)6;;;;/h(H,2,3)(H2,4,5,6);;;;. The van der Waals surface area contributed by atoms with E-state index in [0.717, 1.165) is 0 Å². The van der Waals surface area contributed by atoms with Gasteiger partial charge in [0.1, 0.15) is 0 Å². The first kappa shape index (κ1) is 16.9. The van der Waals surface area contributed by atoms with E-state index in [2.05, 4.69) is 0 Å². The molecule has 0 atom stereocenters. The third-order valence-electron chi connectivity index (χ3n) is 0.249. The van der Waals surface area contributed by atoms with Crippen LogP contribution in [-0.4, -0.2) is 79.7 Å². The predicted molar refractivity (Wildman–Crippen MR) is 34.4 cm³/mol. The normalized spacial score (nSPS) is 8.67. The summed E-state index contributed by atoms with van der Waals surface area (Å²) in [6.07, 6.45) is 0. The van der Waals surface area contributed by atoms with E-state index in [4.69, 9.17) is 14.9 Å². The molecule has 5 nitrogen and oxygen atoms in total. The van der Waals surface area contributed by atoms with Crippen molar-refractivity contribution in [1.82, 2.24) is 0 Å². The molecular weight excluding hydrogens is 169 g/mol. The van der Waals surface area contributed by atoms with Crippen LogP contribution in [0.5, 0.6) is 0 Å². The number of hydrogen-bond acceptors (Lipinski definition) is 2. The van der Waals surface area contributed by atoms with Gasteiger partial charge in [0.25, 0.3) is 0 Å². The maximum atomic E-state index is 9.43. The minimum absolute atomic E-state index is 0. The van der Waals surface area contributed by atoms with Gasteiger partial charge in [-0.05, 0) is 0 Å². The molecule has 0 aliphatic rings. The Labute approximate surface area is 95.6 Å². The Hall–Kier alpha value is 1.62. The molecule has 0 aromatic rings. The van der Waals surface area contributed by atoms with Gasteiger partial charge in [0, 0.05) is 0 Å². The van der Waals surface area contributed by atoms with Crippen molar-refractivity contribution in [3.63, 3.8) is 0 Å². The molecule has 0 aromatic carbocycles. The molecule has 0 spiro atoms. The molecule has 0 rings (SSSR count). The van der Waals surface area contributed by atoms with E-state index >= 15 is 0 Å². The summed E-state index contributed by atoms with van der Waals surface area (Å²) in [6, 6.07) is 0. The molecular formula is CH5Na2O5P. The van der Waals surface area contributed by atoms with Crippen molar-refractivity contribution in [2.75, 3.05) is 0 Å². The molecule has 9 heavy (non-hydrogen) atoms. The minimum atomic E-state index is -4.82. The molecule has 0 unspecified atom stereocenters. The first-order valence-electron chi connectivity index (χ1n) is 1.23. The van der Waals surface area contributed by atoms with Gasteiger partial charge in [0.05, 0.1) is 0 Å². The predicted octanol–water partition coefficient (Wildman–Crippen LogP) is -1.45. The molecule has 0 aromatic heterocycles. The van der Waals surface area contributed by atoms with Gasteiger partial charge in [-0.2, -0.15) is 0 Å². The monoisotopic (exact) mass is 174 g/mol. The first-order valence-corrected chi connectivity index (χ1v) is 2.85. The van der Waals surface area contributed by atoms with Crippen LogP contribution >= 0.6 is 7.60 Å². The van der Waals surface area contributed by atoms with E-state index in [9.17, 15) is 9.36 Å². The van der Waals surface area contributed by atoms with Crippen molar-refractivity contribution < 1.29 is 24.3 Å². The Kier molecular flexibility index (Phi) is 11.9. The molecule has 8 heteroatoms. The molecule has 0 amide bonds. The van der Waals surface area contributed by atoms with Crippen LogP contribution in [0, 0.1) is 0 Å². The van der Waals surface area contributed by atoms with E-state index in [0.29, 0.717) is 0 Å². The molecule has 46 valence electrons. The SMILES string of the molecule is O=C(O)P(=O)(O)O.[NaH].[NaH]. The number of carboxylic acid groups (broad SMARTS) is 1. The molecule has 0 radical (unpaired) electrons. The third-order valence-corrected chi connectivity index (χ3v) is 0.748. The molecule has 0 saturated heterocycles. The van der Waals surface area contributed by atoms with Crippen LogP contribution in [0.15, 0.2) is 0 Å². The second-order valence-corrected chi connectivity index (χ2v) is 2.30. The molecule has 0 aliphatic heterocycles. The fraction of sp³-hybridized carbons (Fsp3) is 0. The summed E-state index contributed by atoms with van der Waals surface area (Å²) in [6.45, 7) is 0. The van der Waals surface area contributed by atoms with Gasteiger partial charge in [-0.25, -0.2) is 9.36 Å². The van der Waals surface area contributed by atoms with Crippen molar-refractivity contribution in [3.8, 4) is 0 Å². The topological polar surface area (TPSA) is 94.8 Å².